The van der Waals surface area contributed by atoms with E-state index in [1.807, 2.05) is 12.2 Å². The van der Waals surface area contributed by atoms with Crippen LogP contribution < -0.4 is 0 Å². The Balaban J connectivity index is 1.93. The smallest absolute Gasteiger partial charge is 0.261 e. The SMILES string of the molecule is O=C1c2ccccc2C(=O)N1C/C=C/CCCCO. The third-order valence-corrected chi connectivity index (χ3v) is 3.11. The number of aliphatic hydroxyl groups excluding tert-OH is 1. The second-order valence-electron chi connectivity index (χ2n) is 4.46. The van der Waals surface area contributed by atoms with E-state index in [9.17, 15) is 9.59 Å². The van der Waals surface area contributed by atoms with Gasteiger partial charge in [-0.2, -0.15) is 0 Å². The van der Waals surface area contributed by atoms with E-state index in [-0.39, 0.29) is 18.4 Å². The van der Waals surface area contributed by atoms with Gasteiger partial charge < -0.3 is 5.11 Å². The highest BCUT2D eigenvalue weighted by atomic mass is 16.3. The molecule has 1 aromatic rings. The third kappa shape index (κ3) is 2.90. The normalized spacial score (nSPS) is 14.5. The third-order valence-electron chi connectivity index (χ3n) is 3.11. The van der Waals surface area contributed by atoms with Crippen molar-refractivity contribution in [2.24, 2.45) is 0 Å². The molecule has 0 atom stereocenters. The summed E-state index contributed by atoms with van der Waals surface area (Å²) in [4.78, 5) is 25.3. The Morgan fingerprint density at radius 2 is 1.63 bits per heavy atom. The Morgan fingerprint density at radius 3 is 2.21 bits per heavy atom. The molecule has 1 aliphatic rings. The minimum absolute atomic E-state index is 0.201. The zero-order valence-corrected chi connectivity index (χ0v) is 10.7. The molecule has 0 saturated heterocycles. The number of carbonyl (C=O) groups is 2. The maximum atomic E-state index is 12.0. The Labute approximate surface area is 112 Å². The molecule has 0 bridgehead atoms. The quantitative estimate of drug-likeness (QED) is 0.483. The highest BCUT2D eigenvalue weighted by Crippen LogP contribution is 2.21. The van der Waals surface area contributed by atoms with Gasteiger partial charge in [0.1, 0.15) is 0 Å². The molecule has 4 heteroatoms. The minimum Gasteiger partial charge on any atom is -0.396 e. The van der Waals surface area contributed by atoms with Gasteiger partial charge in [-0.1, -0.05) is 24.3 Å². The monoisotopic (exact) mass is 259 g/mol. The van der Waals surface area contributed by atoms with Crippen molar-refractivity contribution in [1.82, 2.24) is 4.90 Å². The van der Waals surface area contributed by atoms with Crippen LogP contribution in [0.2, 0.25) is 0 Å². The number of hydrogen-bond acceptors (Lipinski definition) is 3. The molecule has 1 heterocycles. The largest absolute Gasteiger partial charge is 0.396 e. The average Bonchev–Trinajstić information content (AvgIpc) is 2.68. The summed E-state index contributed by atoms with van der Waals surface area (Å²) in [6.07, 6.45) is 6.31. The Kier molecular flexibility index (Phi) is 4.47. The number of fused-ring (bicyclic) bond motifs is 1. The summed E-state index contributed by atoms with van der Waals surface area (Å²) in [6, 6.07) is 6.89. The molecule has 4 nitrogen and oxygen atoms in total. The lowest BCUT2D eigenvalue weighted by molar-refractivity contribution is 0.0672. The molecular weight excluding hydrogens is 242 g/mol. The van der Waals surface area contributed by atoms with Crippen LogP contribution in [0.4, 0.5) is 0 Å². The van der Waals surface area contributed by atoms with Gasteiger partial charge in [0, 0.05) is 13.2 Å². The Hall–Kier alpha value is -1.94. The molecule has 1 N–H and O–H groups in total. The number of imide groups is 1. The first-order chi connectivity index (χ1) is 9.25. The molecule has 100 valence electrons. The highest BCUT2D eigenvalue weighted by molar-refractivity contribution is 6.21. The maximum Gasteiger partial charge on any atom is 0.261 e. The first kappa shape index (κ1) is 13.5. The second-order valence-corrected chi connectivity index (χ2v) is 4.46. The standard InChI is InChI=1S/C15H17NO3/c17-11-7-3-1-2-6-10-16-14(18)12-8-4-5-9-13(12)15(16)19/h2,4-6,8-9,17H,1,3,7,10-11H2/b6-2+. The van der Waals surface area contributed by atoms with Crippen molar-refractivity contribution in [3.8, 4) is 0 Å². The van der Waals surface area contributed by atoms with Crippen LogP contribution in [0.1, 0.15) is 40.0 Å². The first-order valence-electron chi connectivity index (χ1n) is 6.47. The molecular formula is C15H17NO3. The van der Waals surface area contributed by atoms with E-state index in [1.54, 1.807) is 24.3 Å². The number of amides is 2. The van der Waals surface area contributed by atoms with Crippen molar-refractivity contribution in [2.45, 2.75) is 19.3 Å². The number of nitrogens with zero attached hydrogens (tertiary/aromatic N) is 1. The van der Waals surface area contributed by atoms with Crippen molar-refractivity contribution in [3.05, 3.63) is 47.5 Å². The van der Waals surface area contributed by atoms with Gasteiger partial charge in [-0.05, 0) is 31.4 Å². The summed E-state index contributed by atoms with van der Waals surface area (Å²) in [7, 11) is 0. The van der Waals surface area contributed by atoms with Gasteiger partial charge in [-0.25, -0.2) is 0 Å². The van der Waals surface area contributed by atoms with Crippen LogP contribution in [0.15, 0.2) is 36.4 Å². The Bertz CT molecular complexity index is 473. The number of hydrogen-bond donors (Lipinski definition) is 1. The van der Waals surface area contributed by atoms with Crippen LogP contribution in [0, 0.1) is 0 Å². The lowest BCUT2D eigenvalue weighted by Gasteiger charge is -2.10. The molecule has 0 aliphatic carbocycles. The van der Waals surface area contributed by atoms with Gasteiger partial charge in [0.25, 0.3) is 11.8 Å². The molecule has 0 spiro atoms. The summed E-state index contributed by atoms with van der Waals surface area (Å²) in [6.45, 7) is 0.512. The van der Waals surface area contributed by atoms with Crippen molar-refractivity contribution in [3.63, 3.8) is 0 Å². The van der Waals surface area contributed by atoms with Gasteiger partial charge in [0.05, 0.1) is 11.1 Å². The van der Waals surface area contributed by atoms with Crippen LogP contribution >= 0.6 is 0 Å². The molecule has 0 unspecified atom stereocenters. The van der Waals surface area contributed by atoms with Crippen LogP contribution in [0.25, 0.3) is 0 Å². The fourth-order valence-corrected chi connectivity index (χ4v) is 2.08. The van der Waals surface area contributed by atoms with Crippen LogP contribution in [0.3, 0.4) is 0 Å². The van der Waals surface area contributed by atoms with E-state index < -0.39 is 0 Å². The molecule has 0 aromatic heterocycles. The predicted octanol–water partition coefficient (Wildman–Crippen LogP) is 2.00. The number of aliphatic hydroxyl groups is 1. The zero-order valence-electron chi connectivity index (χ0n) is 10.7. The van der Waals surface area contributed by atoms with Gasteiger partial charge >= 0.3 is 0 Å². The number of unbranched alkanes of at least 4 members (excludes halogenated alkanes) is 2. The van der Waals surface area contributed by atoms with E-state index in [0.29, 0.717) is 17.7 Å². The number of benzene rings is 1. The van der Waals surface area contributed by atoms with E-state index in [4.69, 9.17) is 5.11 Å². The molecule has 0 fully saturated rings. The predicted molar refractivity (Wildman–Crippen MR) is 71.9 cm³/mol. The van der Waals surface area contributed by atoms with Gasteiger partial charge in [-0.15, -0.1) is 0 Å². The molecule has 1 aromatic carbocycles. The van der Waals surface area contributed by atoms with E-state index in [0.717, 1.165) is 19.3 Å². The zero-order chi connectivity index (χ0) is 13.7. The fraction of sp³-hybridized carbons (Fsp3) is 0.333. The van der Waals surface area contributed by atoms with Crippen molar-refractivity contribution in [1.29, 1.82) is 0 Å². The van der Waals surface area contributed by atoms with Gasteiger partial charge in [-0.3, -0.25) is 14.5 Å². The van der Waals surface area contributed by atoms with Crippen LogP contribution in [0.5, 0.6) is 0 Å². The van der Waals surface area contributed by atoms with E-state index in [1.165, 1.54) is 4.90 Å². The summed E-state index contributed by atoms with van der Waals surface area (Å²) in [5, 5.41) is 8.64. The lowest BCUT2D eigenvalue weighted by Crippen LogP contribution is -2.29. The summed E-state index contributed by atoms with van der Waals surface area (Å²) in [5.41, 5.74) is 0.974. The number of carbonyl (C=O) groups excluding carboxylic acids is 2. The van der Waals surface area contributed by atoms with Crippen molar-refractivity contribution >= 4 is 11.8 Å². The van der Waals surface area contributed by atoms with E-state index in [2.05, 4.69) is 0 Å². The minimum atomic E-state index is -0.222. The topological polar surface area (TPSA) is 57.6 Å². The van der Waals surface area contributed by atoms with Crippen molar-refractivity contribution < 1.29 is 14.7 Å². The average molecular weight is 259 g/mol. The Morgan fingerprint density at radius 1 is 1.00 bits per heavy atom. The van der Waals surface area contributed by atoms with E-state index >= 15 is 0 Å². The number of rotatable bonds is 6. The second kappa shape index (κ2) is 6.29. The van der Waals surface area contributed by atoms with Crippen LogP contribution in [-0.4, -0.2) is 35.0 Å². The highest BCUT2D eigenvalue weighted by Gasteiger charge is 2.33. The summed E-state index contributed by atoms with van der Waals surface area (Å²) in [5.74, 6) is -0.443. The molecule has 2 rings (SSSR count). The summed E-state index contributed by atoms with van der Waals surface area (Å²) >= 11 is 0. The van der Waals surface area contributed by atoms with Crippen molar-refractivity contribution in [2.75, 3.05) is 13.2 Å². The molecule has 2 amide bonds. The molecule has 19 heavy (non-hydrogen) atoms. The number of allylic oxidation sites excluding steroid dienone is 1. The van der Waals surface area contributed by atoms with Gasteiger partial charge in [0.15, 0.2) is 0 Å². The molecule has 0 saturated carbocycles. The van der Waals surface area contributed by atoms with Crippen LogP contribution in [-0.2, 0) is 0 Å². The first-order valence-corrected chi connectivity index (χ1v) is 6.47. The fourth-order valence-electron chi connectivity index (χ4n) is 2.08. The van der Waals surface area contributed by atoms with Gasteiger partial charge in [0.2, 0.25) is 0 Å². The molecule has 0 radical (unpaired) electrons. The summed E-state index contributed by atoms with van der Waals surface area (Å²) < 4.78 is 0. The molecule has 1 aliphatic heterocycles. The lowest BCUT2D eigenvalue weighted by atomic mass is 10.1. The maximum absolute atomic E-state index is 12.0.